The van der Waals surface area contributed by atoms with Crippen LogP contribution in [0, 0.1) is 11.3 Å². The van der Waals surface area contributed by atoms with Crippen LogP contribution in [-0.4, -0.2) is 43.8 Å². The van der Waals surface area contributed by atoms with Crippen molar-refractivity contribution >= 4 is 46.0 Å². The van der Waals surface area contributed by atoms with Gasteiger partial charge in [-0.05, 0) is 29.7 Å². The highest BCUT2D eigenvalue weighted by Gasteiger charge is 2.28. The van der Waals surface area contributed by atoms with Crippen molar-refractivity contribution in [2.24, 2.45) is 0 Å². The van der Waals surface area contributed by atoms with Crippen LogP contribution in [0.2, 0.25) is 5.02 Å². The number of hydrogen-bond donors (Lipinski definition) is 1. The van der Waals surface area contributed by atoms with Crippen molar-refractivity contribution in [3.05, 3.63) is 56.9 Å². The number of hydrogen-bond acceptors (Lipinski definition) is 6. The van der Waals surface area contributed by atoms with E-state index >= 15 is 0 Å². The molecule has 0 fully saturated rings. The molecule has 0 aliphatic carbocycles. The van der Waals surface area contributed by atoms with Crippen LogP contribution in [0.25, 0.3) is 6.08 Å². The summed E-state index contributed by atoms with van der Waals surface area (Å²) in [5.41, 5.74) is 2.04. The molecule has 0 bridgehead atoms. The van der Waals surface area contributed by atoms with E-state index in [0.29, 0.717) is 41.7 Å². The Morgan fingerprint density at radius 1 is 1.37 bits per heavy atom. The minimum absolute atomic E-state index is 0.186. The largest absolute Gasteiger partial charge is 0.447 e. The fraction of sp³-hybridized carbons (Fsp3) is 0.286. The summed E-state index contributed by atoms with van der Waals surface area (Å²) in [5.74, 6) is -0.360. The molecule has 2 aromatic rings. The minimum atomic E-state index is -0.419. The zero-order chi connectivity index (χ0) is 21.5. The number of rotatable bonds is 6. The van der Waals surface area contributed by atoms with Crippen LogP contribution in [0.3, 0.4) is 0 Å². The second-order valence-corrected chi connectivity index (χ2v) is 7.95. The molecule has 1 aromatic heterocycles. The molecule has 0 spiro atoms. The summed E-state index contributed by atoms with van der Waals surface area (Å²) in [7, 11) is 1.54. The third-order valence-corrected chi connectivity index (χ3v) is 5.97. The predicted octanol–water partition coefficient (Wildman–Crippen LogP) is 4.07. The number of nitrogens with zero attached hydrogens (tertiary/aromatic N) is 2. The maximum absolute atomic E-state index is 12.4. The summed E-state index contributed by atoms with van der Waals surface area (Å²) in [5, 5.41) is 13.4. The third-order valence-electron chi connectivity index (χ3n) is 4.50. The highest BCUT2D eigenvalue weighted by molar-refractivity contribution is 7.16. The molecular formula is C21H20ClN3O4S. The van der Waals surface area contributed by atoms with Gasteiger partial charge in [0.2, 0.25) is 5.91 Å². The molecule has 0 saturated heterocycles. The summed E-state index contributed by atoms with van der Waals surface area (Å²) in [4.78, 5) is 27.0. The highest BCUT2D eigenvalue weighted by atomic mass is 35.5. The second-order valence-electron chi connectivity index (χ2n) is 6.44. The van der Waals surface area contributed by atoms with E-state index in [1.54, 1.807) is 23.1 Å². The molecule has 156 valence electrons. The molecule has 7 nitrogen and oxygen atoms in total. The molecule has 2 amide bonds. The third kappa shape index (κ3) is 5.19. The van der Waals surface area contributed by atoms with E-state index in [2.05, 4.69) is 11.4 Å². The molecule has 0 saturated carbocycles. The van der Waals surface area contributed by atoms with Gasteiger partial charge in [-0.1, -0.05) is 29.8 Å². The Labute approximate surface area is 183 Å². The number of fused-ring (bicyclic) bond motifs is 1. The Morgan fingerprint density at radius 2 is 2.17 bits per heavy atom. The number of thiophene rings is 1. The van der Waals surface area contributed by atoms with Gasteiger partial charge in [-0.3, -0.25) is 4.79 Å². The maximum Gasteiger partial charge on any atom is 0.410 e. The average molecular weight is 446 g/mol. The van der Waals surface area contributed by atoms with Crippen molar-refractivity contribution in [3.63, 3.8) is 0 Å². The Balaban J connectivity index is 1.69. The number of carbonyl (C=O) groups excluding carboxylic acids is 2. The van der Waals surface area contributed by atoms with Gasteiger partial charge < -0.3 is 19.7 Å². The van der Waals surface area contributed by atoms with Crippen molar-refractivity contribution in [1.82, 2.24) is 4.90 Å². The normalized spacial score (nSPS) is 13.0. The lowest BCUT2D eigenvalue weighted by molar-refractivity contribution is -0.111. The Bertz CT molecular complexity index is 1010. The monoisotopic (exact) mass is 445 g/mol. The number of ether oxygens (including phenoxy) is 2. The number of carbonyl (C=O) groups is 2. The van der Waals surface area contributed by atoms with Crippen LogP contribution in [0.15, 0.2) is 30.3 Å². The Morgan fingerprint density at radius 3 is 2.90 bits per heavy atom. The lowest BCUT2D eigenvalue weighted by Crippen LogP contribution is -2.36. The van der Waals surface area contributed by atoms with Crippen LogP contribution in [0.4, 0.5) is 9.80 Å². The Hall–Kier alpha value is -2.86. The topological polar surface area (TPSA) is 91.7 Å². The summed E-state index contributed by atoms with van der Waals surface area (Å²) in [6.07, 6.45) is 3.10. The fourth-order valence-corrected chi connectivity index (χ4v) is 4.41. The zero-order valence-electron chi connectivity index (χ0n) is 16.3. The standard InChI is InChI=1S/C21H20ClN3O4S/c1-28-10-11-29-21(27)25-9-8-15-16(12-23)20(30-18(15)13-25)24-19(26)7-6-14-4-2-3-5-17(14)22/h2-7H,8-11,13H2,1H3,(H,24,26)/b7-6+. The molecule has 9 heteroatoms. The average Bonchev–Trinajstić information content (AvgIpc) is 3.09. The zero-order valence-corrected chi connectivity index (χ0v) is 17.9. The number of amides is 2. The van der Waals surface area contributed by atoms with Crippen LogP contribution in [-0.2, 0) is 27.2 Å². The van der Waals surface area contributed by atoms with Gasteiger partial charge in [-0.25, -0.2) is 4.79 Å². The molecule has 3 rings (SSSR count). The predicted molar refractivity (Wildman–Crippen MR) is 115 cm³/mol. The summed E-state index contributed by atoms with van der Waals surface area (Å²) >= 11 is 7.39. The van der Waals surface area contributed by atoms with E-state index in [1.807, 2.05) is 12.1 Å². The first-order valence-electron chi connectivity index (χ1n) is 9.22. The molecule has 1 aromatic carbocycles. The maximum atomic E-state index is 12.4. The van der Waals surface area contributed by atoms with Crippen LogP contribution >= 0.6 is 22.9 Å². The van der Waals surface area contributed by atoms with Gasteiger partial charge in [-0.15, -0.1) is 11.3 Å². The van der Waals surface area contributed by atoms with Crippen molar-refractivity contribution in [1.29, 1.82) is 5.26 Å². The number of nitrogens with one attached hydrogen (secondary N) is 1. The second kappa shape index (κ2) is 10.3. The van der Waals surface area contributed by atoms with Crippen molar-refractivity contribution in [2.75, 3.05) is 32.2 Å². The van der Waals surface area contributed by atoms with Gasteiger partial charge in [0.05, 0.1) is 18.7 Å². The summed E-state index contributed by atoms with van der Waals surface area (Å²) < 4.78 is 10.0. The molecule has 1 aliphatic heterocycles. The lowest BCUT2D eigenvalue weighted by atomic mass is 10.0. The van der Waals surface area contributed by atoms with E-state index < -0.39 is 6.09 Å². The molecule has 1 aliphatic rings. The van der Waals surface area contributed by atoms with E-state index in [-0.39, 0.29) is 12.5 Å². The van der Waals surface area contributed by atoms with Crippen molar-refractivity contribution < 1.29 is 19.1 Å². The van der Waals surface area contributed by atoms with Gasteiger partial charge in [0.15, 0.2) is 0 Å². The molecule has 1 N–H and O–H groups in total. The van der Waals surface area contributed by atoms with Crippen molar-refractivity contribution in [2.45, 2.75) is 13.0 Å². The SMILES string of the molecule is COCCOC(=O)N1CCc2c(sc(NC(=O)/C=C/c3ccccc3Cl)c2C#N)C1. The molecule has 2 heterocycles. The number of anilines is 1. The number of methoxy groups -OCH3 is 1. The van der Waals surface area contributed by atoms with Crippen LogP contribution < -0.4 is 5.32 Å². The fourth-order valence-electron chi connectivity index (χ4n) is 3.00. The number of halogens is 1. The first-order valence-corrected chi connectivity index (χ1v) is 10.4. The summed E-state index contributed by atoms with van der Waals surface area (Å²) in [6.45, 7) is 1.31. The first kappa shape index (κ1) is 21.8. The summed E-state index contributed by atoms with van der Waals surface area (Å²) in [6, 6.07) is 9.36. The minimum Gasteiger partial charge on any atom is -0.447 e. The molecular weight excluding hydrogens is 426 g/mol. The van der Waals surface area contributed by atoms with E-state index in [4.69, 9.17) is 21.1 Å². The van der Waals surface area contributed by atoms with E-state index in [1.165, 1.54) is 24.5 Å². The van der Waals surface area contributed by atoms with Gasteiger partial charge in [0, 0.05) is 29.6 Å². The van der Waals surface area contributed by atoms with Crippen molar-refractivity contribution in [3.8, 4) is 6.07 Å². The number of nitriles is 1. The number of benzene rings is 1. The first-order chi connectivity index (χ1) is 14.5. The molecule has 0 unspecified atom stereocenters. The van der Waals surface area contributed by atoms with Gasteiger partial charge >= 0.3 is 6.09 Å². The van der Waals surface area contributed by atoms with Gasteiger partial charge in [-0.2, -0.15) is 5.26 Å². The van der Waals surface area contributed by atoms with Crippen LogP contribution in [0.1, 0.15) is 21.6 Å². The molecule has 0 radical (unpaired) electrons. The highest BCUT2D eigenvalue weighted by Crippen LogP contribution is 2.36. The van der Waals surface area contributed by atoms with Crippen LogP contribution in [0.5, 0.6) is 0 Å². The van der Waals surface area contributed by atoms with E-state index in [0.717, 1.165) is 16.0 Å². The van der Waals surface area contributed by atoms with Gasteiger partial charge in [0.1, 0.15) is 17.7 Å². The molecule has 0 atom stereocenters. The Kier molecular flexibility index (Phi) is 7.46. The smallest absolute Gasteiger partial charge is 0.410 e. The lowest BCUT2D eigenvalue weighted by Gasteiger charge is -2.26. The van der Waals surface area contributed by atoms with E-state index in [9.17, 15) is 14.9 Å². The van der Waals surface area contributed by atoms with Gasteiger partial charge in [0.25, 0.3) is 0 Å². The quantitative estimate of drug-likeness (QED) is 0.534. The molecule has 30 heavy (non-hydrogen) atoms.